The van der Waals surface area contributed by atoms with Gasteiger partial charge in [0.2, 0.25) is 0 Å². The molecular weight excluding hydrogens is 442 g/mol. The van der Waals surface area contributed by atoms with Gasteiger partial charge in [0, 0.05) is 29.3 Å². The van der Waals surface area contributed by atoms with Crippen LogP contribution in [-0.4, -0.2) is 46.0 Å². The molecule has 3 atom stereocenters. The first kappa shape index (κ1) is 24.9. The number of hydrogen-bond donors (Lipinski definition) is 2. The first-order chi connectivity index (χ1) is 17.1. The molecule has 0 saturated carbocycles. The first-order valence-corrected chi connectivity index (χ1v) is 12.3. The van der Waals surface area contributed by atoms with E-state index in [9.17, 15) is 9.59 Å². The van der Waals surface area contributed by atoms with Gasteiger partial charge in [-0.05, 0) is 49.2 Å². The van der Waals surface area contributed by atoms with Crippen molar-refractivity contribution in [3.63, 3.8) is 0 Å². The fraction of sp³-hybridized carbons (Fsp3) is 0.429. The predicted octanol–water partition coefficient (Wildman–Crippen LogP) is 3.39. The predicted molar refractivity (Wildman–Crippen MR) is 136 cm³/mol. The molecular formula is C28H35N3O4. The number of benzene rings is 2. The molecule has 2 aromatic carbocycles. The summed E-state index contributed by atoms with van der Waals surface area (Å²) < 4.78 is 10.6. The average Bonchev–Trinajstić information content (AvgIpc) is 3.17. The highest BCUT2D eigenvalue weighted by Crippen LogP contribution is 2.44. The summed E-state index contributed by atoms with van der Waals surface area (Å²) in [6.07, 6.45) is 3.94. The van der Waals surface area contributed by atoms with Gasteiger partial charge in [-0.2, -0.15) is 0 Å². The molecule has 2 heterocycles. The van der Waals surface area contributed by atoms with Gasteiger partial charge in [-0.1, -0.05) is 43.7 Å². The first-order valence-electron chi connectivity index (χ1n) is 12.3. The molecule has 0 aromatic heterocycles. The summed E-state index contributed by atoms with van der Waals surface area (Å²) in [6.45, 7) is 4.55. The second kappa shape index (κ2) is 11.1. The minimum Gasteiger partial charge on any atom is -0.504 e. The Bertz CT molecular complexity index is 1090. The zero-order valence-electron chi connectivity index (χ0n) is 20.8. The Hall–Kier alpha value is -3.16. The van der Waals surface area contributed by atoms with Crippen LogP contribution in [0.2, 0.25) is 0 Å². The highest BCUT2D eigenvalue weighted by Gasteiger charge is 2.51. The number of hydrogen-bond acceptors (Lipinski definition) is 6. The molecule has 0 bridgehead atoms. The standard InChI is InChI=1S/C28H35N3O4/c1-4-21-15-29-13-12-28(30-16-24(21)22(18-32)19-34-2)25-10-5-6-11-26(25)31(27(28)33)17-20-8-7-9-23(14-20)35-3/h5-11,14,18-19,21,24,29-30H,4,12-13,15-17H2,1-3H3/b22-19-/t21-,24?,28-/m0/s1. The molecule has 7 nitrogen and oxygen atoms in total. The summed E-state index contributed by atoms with van der Waals surface area (Å²) in [6, 6.07) is 15.8. The number of fused-ring (bicyclic) bond motifs is 2. The van der Waals surface area contributed by atoms with Crippen LogP contribution in [0.15, 0.2) is 60.4 Å². The maximum absolute atomic E-state index is 14.2. The summed E-state index contributed by atoms with van der Waals surface area (Å²) in [5, 5.41) is 7.21. The Morgan fingerprint density at radius 3 is 2.74 bits per heavy atom. The molecule has 2 aliphatic heterocycles. The van der Waals surface area contributed by atoms with Crippen molar-refractivity contribution in [1.82, 2.24) is 10.6 Å². The minimum atomic E-state index is -0.871. The van der Waals surface area contributed by atoms with Gasteiger partial charge in [-0.3, -0.25) is 14.9 Å². The summed E-state index contributed by atoms with van der Waals surface area (Å²) in [4.78, 5) is 28.0. The summed E-state index contributed by atoms with van der Waals surface area (Å²) in [5.74, 6) is 0.957. The van der Waals surface area contributed by atoms with Crippen LogP contribution < -0.4 is 20.3 Å². The number of aldehydes is 1. The number of nitrogens with zero attached hydrogens (tertiary/aromatic N) is 1. The maximum Gasteiger partial charge on any atom is 0.252 e. The smallest absolute Gasteiger partial charge is 0.252 e. The Balaban J connectivity index is 1.71. The number of rotatable bonds is 7. The van der Waals surface area contributed by atoms with Gasteiger partial charge >= 0.3 is 0 Å². The zero-order valence-corrected chi connectivity index (χ0v) is 20.8. The monoisotopic (exact) mass is 477 g/mol. The zero-order chi connectivity index (χ0) is 24.8. The fourth-order valence-electron chi connectivity index (χ4n) is 5.45. The van der Waals surface area contributed by atoms with E-state index in [0.717, 1.165) is 41.8 Å². The molecule has 2 N–H and O–H groups in total. The maximum atomic E-state index is 14.2. The van der Waals surface area contributed by atoms with Crippen LogP contribution in [0.5, 0.6) is 5.75 Å². The number of anilines is 1. The van der Waals surface area contributed by atoms with Crippen LogP contribution in [0.4, 0.5) is 5.69 Å². The summed E-state index contributed by atoms with van der Waals surface area (Å²) in [5.41, 5.74) is 2.63. The second-order valence-corrected chi connectivity index (χ2v) is 9.25. The van der Waals surface area contributed by atoms with E-state index in [1.807, 2.05) is 53.4 Å². The topological polar surface area (TPSA) is 79.9 Å². The van der Waals surface area contributed by atoms with E-state index in [0.29, 0.717) is 31.6 Å². The molecule has 2 aliphatic rings. The van der Waals surface area contributed by atoms with E-state index in [-0.39, 0.29) is 17.7 Å². The molecule has 1 fully saturated rings. The third-order valence-corrected chi connectivity index (χ3v) is 7.36. The van der Waals surface area contributed by atoms with Gasteiger partial charge < -0.3 is 19.7 Å². The van der Waals surface area contributed by atoms with Crippen LogP contribution in [0, 0.1) is 11.8 Å². The van der Waals surface area contributed by atoms with Gasteiger partial charge in [-0.15, -0.1) is 0 Å². The number of methoxy groups -OCH3 is 2. The minimum absolute atomic E-state index is 0.0281. The van der Waals surface area contributed by atoms with Crippen LogP contribution in [0.25, 0.3) is 0 Å². The third-order valence-electron chi connectivity index (χ3n) is 7.36. The summed E-state index contributed by atoms with van der Waals surface area (Å²) in [7, 11) is 3.20. The SMILES string of the molecule is CC[C@H]1CNCC[C@@]2(NCC1/C(C=O)=C\OC)C(=O)N(Cc1cccc(OC)c1)c1ccccc12. The molecule has 186 valence electrons. The molecule has 2 aromatic rings. The number of carbonyl (C=O) groups excluding carboxylic acids is 2. The number of carbonyl (C=O) groups is 2. The number of ether oxygens (including phenoxy) is 2. The van der Waals surface area contributed by atoms with Crippen molar-refractivity contribution in [2.24, 2.45) is 11.8 Å². The van der Waals surface area contributed by atoms with Crippen LogP contribution in [0.1, 0.15) is 30.9 Å². The van der Waals surface area contributed by atoms with Crippen molar-refractivity contribution >= 4 is 17.9 Å². The van der Waals surface area contributed by atoms with E-state index in [4.69, 9.17) is 9.47 Å². The van der Waals surface area contributed by atoms with Gasteiger partial charge in [0.25, 0.3) is 5.91 Å². The Kier molecular flexibility index (Phi) is 7.88. The lowest BCUT2D eigenvalue weighted by Crippen LogP contribution is -2.53. The number of nitrogens with one attached hydrogen (secondary N) is 2. The van der Waals surface area contributed by atoms with Gasteiger partial charge in [-0.25, -0.2) is 0 Å². The summed E-state index contributed by atoms with van der Waals surface area (Å²) >= 11 is 0. The molecule has 1 unspecified atom stereocenters. The highest BCUT2D eigenvalue weighted by atomic mass is 16.5. The van der Waals surface area contributed by atoms with E-state index < -0.39 is 5.54 Å². The van der Waals surface area contributed by atoms with Crippen molar-refractivity contribution in [2.45, 2.75) is 31.8 Å². The lowest BCUT2D eigenvalue weighted by molar-refractivity contribution is -0.124. The molecule has 35 heavy (non-hydrogen) atoms. The van der Waals surface area contributed by atoms with Crippen LogP contribution in [0.3, 0.4) is 0 Å². The Morgan fingerprint density at radius 2 is 2.00 bits per heavy atom. The number of amides is 1. The second-order valence-electron chi connectivity index (χ2n) is 9.25. The lowest BCUT2D eigenvalue weighted by Gasteiger charge is -2.32. The quantitative estimate of drug-likeness (QED) is 0.362. The van der Waals surface area contributed by atoms with E-state index in [1.54, 1.807) is 14.2 Å². The molecule has 7 heteroatoms. The largest absolute Gasteiger partial charge is 0.504 e. The average molecular weight is 478 g/mol. The van der Waals surface area contributed by atoms with Crippen molar-refractivity contribution < 1.29 is 19.1 Å². The van der Waals surface area contributed by atoms with Crippen LogP contribution in [-0.2, 0) is 26.4 Å². The van der Waals surface area contributed by atoms with Gasteiger partial charge in [0.15, 0.2) is 0 Å². The molecule has 0 radical (unpaired) electrons. The molecule has 1 amide bonds. The van der Waals surface area contributed by atoms with E-state index in [2.05, 4.69) is 17.6 Å². The van der Waals surface area contributed by atoms with Crippen molar-refractivity contribution in [2.75, 3.05) is 38.8 Å². The van der Waals surface area contributed by atoms with E-state index in [1.165, 1.54) is 6.26 Å². The molecule has 0 aliphatic carbocycles. The Morgan fingerprint density at radius 1 is 1.17 bits per heavy atom. The normalized spacial score (nSPS) is 24.9. The Labute approximate surface area is 207 Å². The van der Waals surface area contributed by atoms with Gasteiger partial charge in [0.1, 0.15) is 17.6 Å². The fourth-order valence-corrected chi connectivity index (χ4v) is 5.45. The number of para-hydroxylation sites is 1. The molecule has 1 saturated heterocycles. The van der Waals surface area contributed by atoms with Gasteiger partial charge in [0.05, 0.1) is 27.0 Å². The van der Waals surface area contributed by atoms with Crippen molar-refractivity contribution in [3.8, 4) is 5.75 Å². The third kappa shape index (κ3) is 4.83. The highest BCUT2D eigenvalue weighted by molar-refractivity contribution is 6.07. The van der Waals surface area contributed by atoms with Crippen molar-refractivity contribution in [3.05, 3.63) is 71.5 Å². The van der Waals surface area contributed by atoms with E-state index >= 15 is 0 Å². The lowest BCUT2D eigenvalue weighted by atomic mass is 9.83. The molecule has 1 spiro atoms. The van der Waals surface area contributed by atoms with Crippen molar-refractivity contribution in [1.29, 1.82) is 0 Å². The molecule has 4 rings (SSSR count). The van der Waals surface area contributed by atoms with Crippen LogP contribution >= 0.6 is 0 Å².